The van der Waals surface area contributed by atoms with Crippen molar-refractivity contribution in [1.29, 1.82) is 0 Å². The maximum absolute atomic E-state index is 5.48. The van der Waals surface area contributed by atoms with Gasteiger partial charge in [0.05, 0.1) is 0 Å². The first-order valence-corrected chi connectivity index (χ1v) is 3.92. The third-order valence-corrected chi connectivity index (χ3v) is 1.89. The van der Waals surface area contributed by atoms with Crippen molar-refractivity contribution in [2.24, 2.45) is 0 Å². The van der Waals surface area contributed by atoms with E-state index in [2.05, 4.69) is 10.1 Å². The minimum absolute atomic E-state index is 0.131. The second-order valence-corrected chi connectivity index (χ2v) is 2.70. The monoisotopic (exact) mass is 153 g/mol. The van der Waals surface area contributed by atoms with Crippen LogP contribution in [0.4, 0.5) is 0 Å². The summed E-state index contributed by atoms with van der Waals surface area (Å²) in [7, 11) is 0. The van der Waals surface area contributed by atoms with Crippen molar-refractivity contribution in [3.63, 3.8) is 0 Å². The van der Waals surface area contributed by atoms with Crippen LogP contribution in [0, 0.1) is 0 Å². The molecule has 4 nitrogen and oxygen atoms in total. The molecule has 0 aliphatic carbocycles. The zero-order valence-corrected chi connectivity index (χ0v) is 6.31. The van der Waals surface area contributed by atoms with Gasteiger partial charge in [-0.05, 0) is 19.3 Å². The second kappa shape index (κ2) is 3.00. The summed E-state index contributed by atoms with van der Waals surface area (Å²) in [6.07, 6.45) is 6.83. The van der Waals surface area contributed by atoms with E-state index in [9.17, 15) is 0 Å². The van der Waals surface area contributed by atoms with Gasteiger partial charge in [-0.3, -0.25) is 0 Å². The fourth-order valence-corrected chi connectivity index (χ4v) is 1.30. The highest BCUT2D eigenvalue weighted by atomic mass is 16.5. The predicted molar refractivity (Wildman–Crippen MR) is 38.9 cm³/mol. The maximum atomic E-state index is 5.48. The van der Waals surface area contributed by atoms with Crippen molar-refractivity contribution in [3.8, 4) is 0 Å². The number of hydrogen-bond acceptors (Lipinski definition) is 3. The molecule has 0 bridgehead atoms. The average molecular weight is 153 g/mol. The molecule has 1 saturated heterocycles. The summed E-state index contributed by atoms with van der Waals surface area (Å²) in [5, 5.41) is 4.02. The highest BCUT2D eigenvalue weighted by Crippen LogP contribution is 2.20. The quantitative estimate of drug-likeness (QED) is 0.603. The molecule has 1 unspecified atom stereocenters. The van der Waals surface area contributed by atoms with Crippen molar-refractivity contribution >= 4 is 0 Å². The Morgan fingerprint density at radius 3 is 3.09 bits per heavy atom. The van der Waals surface area contributed by atoms with Gasteiger partial charge in [0.25, 0.3) is 0 Å². The van der Waals surface area contributed by atoms with Crippen LogP contribution in [0.25, 0.3) is 0 Å². The Bertz CT molecular complexity index is 203. The molecule has 1 aromatic heterocycles. The summed E-state index contributed by atoms with van der Waals surface area (Å²) >= 11 is 0. The summed E-state index contributed by atoms with van der Waals surface area (Å²) in [4.78, 5) is 3.87. The van der Waals surface area contributed by atoms with Gasteiger partial charge in [0.15, 0.2) is 6.23 Å². The SMILES string of the molecule is c1ncn(C2CCCCO2)n1. The maximum Gasteiger partial charge on any atom is 0.151 e. The number of nitrogens with zero attached hydrogens (tertiary/aromatic N) is 3. The molecule has 60 valence electrons. The zero-order chi connectivity index (χ0) is 7.52. The van der Waals surface area contributed by atoms with Gasteiger partial charge >= 0.3 is 0 Å². The Balaban J connectivity index is 2.04. The summed E-state index contributed by atoms with van der Waals surface area (Å²) in [5.74, 6) is 0. The summed E-state index contributed by atoms with van der Waals surface area (Å²) < 4.78 is 7.26. The van der Waals surface area contributed by atoms with Crippen LogP contribution in [-0.4, -0.2) is 21.4 Å². The van der Waals surface area contributed by atoms with Crippen LogP contribution in [0.15, 0.2) is 12.7 Å². The van der Waals surface area contributed by atoms with E-state index in [4.69, 9.17) is 4.74 Å². The Labute approximate surface area is 65.2 Å². The van der Waals surface area contributed by atoms with Crippen LogP contribution in [0.3, 0.4) is 0 Å². The van der Waals surface area contributed by atoms with Crippen molar-refractivity contribution in [1.82, 2.24) is 14.8 Å². The number of aromatic nitrogens is 3. The fraction of sp³-hybridized carbons (Fsp3) is 0.714. The molecule has 1 aromatic rings. The van der Waals surface area contributed by atoms with E-state index >= 15 is 0 Å². The van der Waals surface area contributed by atoms with Gasteiger partial charge < -0.3 is 4.74 Å². The topological polar surface area (TPSA) is 39.9 Å². The Morgan fingerprint density at radius 1 is 1.45 bits per heavy atom. The minimum atomic E-state index is 0.131. The predicted octanol–water partition coefficient (Wildman–Crippen LogP) is 0.977. The van der Waals surface area contributed by atoms with Gasteiger partial charge in [0.2, 0.25) is 0 Å². The molecule has 0 amide bonds. The van der Waals surface area contributed by atoms with Gasteiger partial charge in [-0.1, -0.05) is 0 Å². The summed E-state index contributed by atoms with van der Waals surface area (Å²) in [6, 6.07) is 0. The van der Waals surface area contributed by atoms with Crippen LogP contribution in [0.5, 0.6) is 0 Å². The molecule has 1 aliphatic heterocycles. The van der Waals surface area contributed by atoms with E-state index < -0.39 is 0 Å². The Hall–Kier alpha value is -0.900. The molecule has 0 aromatic carbocycles. The van der Waals surface area contributed by atoms with E-state index in [1.807, 2.05) is 0 Å². The van der Waals surface area contributed by atoms with Crippen LogP contribution < -0.4 is 0 Å². The van der Waals surface area contributed by atoms with Gasteiger partial charge in [0, 0.05) is 6.61 Å². The van der Waals surface area contributed by atoms with E-state index in [0.29, 0.717) is 0 Å². The van der Waals surface area contributed by atoms with Crippen molar-refractivity contribution < 1.29 is 4.74 Å². The van der Waals surface area contributed by atoms with E-state index in [0.717, 1.165) is 13.0 Å². The van der Waals surface area contributed by atoms with E-state index in [1.165, 1.54) is 19.2 Å². The average Bonchev–Trinajstić information content (AvgIpc) is 2.58. The highest BCUT2D eigenvalue weighted by molar-refractivity contribution is 4.64. The molecule has 1 atom stereocenters. The molecule has 2 heterocycles. The molecule has 4 heteroatoms. The molecule has 0 spiro atoms. The lowest BCUT2D eigenvalue weighted by Gasteiger charge is -2.21. The largest absolute Gasteiger partial charge is 0.356 e. The van der Waals surface area contributed by atoms with Crippen molar-refractivity contribution in [2.45, 2.75) is 25.5 Å². The molecule has 0 radical (unpaired) electrons. The minimum Gasteiger partial charge on any atom is -0.356 e. The summed E-state index contributed by atoms with van der Waals surface area (Å²) in [5.41, 5.74) is 0. The van der Waals surface area contributed by atoms with Crippen LogP contribution in [0.1, 0.15) is 25.5 Å². The van der Waals surface area contributed by atoms with Gasteiger partial charge in [-0.2, -0.15) is 5.10 Å². The molecule has 0 saturated carbocycles. The number of rotatable bonds is 1. The molecule has 1 aliphatic rings. The Kier molecular flexibility index (Phi) is 1.85. The Morgan fingerprint density at radius 2 is 2.45 bits per heavy atom. The lowest BCUT2D eigenvalue weighted by atomic mass is 10.2. The van der Waals surface area contributed by atoms with E-state index in [1.54, 1.807) is 11.0 Å². The standard InChI is InChI=1S/C7H11N3O/c1-2-4-11-7(3-1)10-6-8-5-9-10/h5-7H,1-4H2. The van der Waals surface area contributed by atoms with Crippen LogP contribution in [-0.2, 0) is 4.74 Å². The third-order valence-electron chi connectivity index (χ3n) is 1.89. The van der Waals surface area contributed by atoms with E-state index in [-0.39, 0.29) is 6.23 Å². The number of hydrogen-bond donors (Lipinski definition) is 0. The fourth-order valence-electron chi connectivity index (χ4n) is 1.30. The first-order chi connectivity index (χ1) is 5.47. The van der Waals surface area contributed by atoms with Gasteiger partial charge in [-0.25, -0.2) is 9.67 Å². The van der Waals surface area contributed by atoms with Crippen molar-refractivity contribution in [3.05, 3.63) is 12.7 Å². The van der Waals surface area contributed by atoms with Crippen LogP contribution >= 0.6 is 0 Å². The molecule has 2 rings (SSSR count). The molecular weight excluding hydrogens is 142 g/mol. The van der Waals surface area contributed by atoms with Gasteiger partial charge in [0.1, 0.15) is 12.7 Å². The second-order valence-electron chi connectivity index (χ2n) is 2.70. The molecule has 0 N–H and O–H groups in total. The first-order valence-electron chi connectivity index (χ1n) is 3.92. The van der Waals surface area contributed by atoms with Gasteiger partial charge in [-0.15, -0.1) is 0 Å². The zero-order valence-electron chi connectivity index (χ0n) is 6.31. The highest BCUT2D eigenvalue weighted by Gasteiger charge is 2.15. The molecular formula is C7H11N3O. The first kappa shape index (κ1) is 6.79. The lowest BCUT2D eigenvalue weighted by molar-refractivity contribution is -0.0396. The normalized spacial score (nSPS) is 25.3. The number of ether oxygens (including phenoxy) is 1. The molecule has 11 heavy (non-hydrogen) atoms. The lowest BCUT2D eigenvalue weighted by Crippen LogP contribution is -2.18. The summed E-state index contributed by atoms with van der Waals surface area (Å²) in [6.45, 7) is 0.852. The molecule has 1 fully saturated rings. The third kappa shape index (κ3) is 1.40. The van der Waals surface area contributed by atoms with Crippen LogP contribution in [0.2, 0.25) is 0 Å². The van der Waals surface area contributed by atoms with Crippen molar-refractivity contribution in [2.75, 3.05) is 6.61 Å². The smallest absolute Gasteiger partial charge is 0.151 e.